The van der Waals surface area contributed by atoms with E-state index in [-0.39, 0.29) is 9.79 Å². The van der Waals surface area contributed by atoms with E-state index < -0.39 is 37.8 Å². The van der Waals surface area contributed by atoms with Crippen LogP contribution in [0.1, 0.15) is 19.3 Å². The average molecular weight is 347 g/mol. The lowest BCUT2D eigenvalue weighted by Crippen LogP contribution is -2.40. The molecule has 0 aromatic heterocycles. The smallest absolute Gasteiger partial charge is 0.308 e. The number of aliphatic carboxylic acids is 1. The Labute approximate surface area is 129 Å². The Kier molecular flexibility index (Phi) is 4.59. The molecule has 1 aliphatic rings. The summed E-state index contributed by atoms with van der Waals surface area (Å²) in [5, 5.41) is 9.10. The predicted molar refractivity (Wildman–Crippen MR) is 78.6 cm³/mol. The number of carboxylic acid groups (broad SMARTS) is 1. The van der Waals surface area contributed by atoms with Gasteiger partial charge in [0.25, 0.3) is 0 Å². The normalized spacial score (nSPS) is 22.6. The largest absolute Gasteiger partial charge is 0.481 e. The van der Waals surface area contributed by atoms with Gasteiger partial charge in [-0.05, 0) is 25.0 Å². The third kappa shape index (κ3) is 3.47. The molecule has 0 spiro atoms. The number of hydrogen-bond donors (Lipinski definition) is 2. The minimum atomic E-state index is -4.12. The number of nitrogens with one attached hydrogen (secondary N) is 1. The van der Waals surface area contributed by atoms with Gasteiger partial charge in [-0.15, -0.1) is 0 Å². The molecule has 0 bridgehead atoms. The van der Waals surface area contributed by atoms with Gasteiger partial charge >= 0.3 is 5.97 Å². The number of hydrogen-bond acceptors (Lipinski definition) is 5. The first-order chi connectivity index (χ1) is 10.1. The zero-order valence-corrected chi connectivity index (χ0v) is 13.5. The molecule has 0 unspecified atom stereocenters. The third-order valence-corrected chi connectivity index (χ3v) is 6.51. The first kappa shape index (κ1) is 16.9. The topological polar surface area (TPSA) is 118 Å². The molecule has 1 aromatic carbocycles. The van der Waals surface area contributed by atoms with Gasteiger partial charge < -0.3 is 5.11 Å². The van der Waals surface area contributed by atoms with Gasteiger partial charge in [0.05, 0.1) is 10.8 Å². The van der Waals surface area contributed by atoms with E-state index in [0.717, 1.165) is 6.26 Å². The Balaban J connectivity index is 2.38. The van der Waals surface area contributed by atoms with E-state index in [0.29, 0.717) is 19.3 Å². The van der Waals surface area contributed by atoms with Crippen LogP contribution < -0.4 is 4.72 Å². The number of carboxylic acids is 1. The molecule has 122 valence electrons. The second kappa shape index (κ2) is 5.98. The summed E-state index contributed by atoms with van der Waals surface area (Å²) in [4.78, 5) is 10.5. The van der Waals surface area contributed by atoms with Crippen molar-refractivity contribution in [3.05, 3.63) is 24.3 Å². The molecule has 9 heteroatoms. The van der Waals surface area contributed by atoms with Crippen LogP contribution in [-0.2, 0) is 24.7 Å². The summed E-state index contributed by atoms with van der Waals surface area (Å²) >= 11 is 0. The van der Waals surface area contributed by atoms with Crippen molar-refractivity contribution in [3.8, 4) is 0 Å². The molecule has 2 N–H and O–H groups in total. The standard InChI is InChI=1S/C13H17NO6S2/c1-21(17,18)11-7-2-3-8-12(11)22(19,20)14-10-6-4-5-9(10)13(15)16/h2-3,7-10,14H,4-6H2,1H3,(H,15,16)/t9-,10+/m0/s1. The van der Waals surface area contributed by atoms with Crippen LogP contribution in [0.3, 0.4) is 0 Å². The second-order valence-electron chi connectivity index (χ2n) is 5.32. The van der Waals surface area contributed by atoms with E-state index >= 15 is 0 Å². The monoisotopic (exact) mass is 347 g/mol. The highest BCUT2D eigenvalue weighted by Crippen LogP contribution is 2.28. The first-order valence-electron chi connectivity index (χ1n) is 6.67. The Morgan fingerprint density at radius 2 is 1.73 bits per heavy atom. The van der Waals surface area contributed by atoms with Gasteiger partial charge in [0.15, 0.2) is 9.84 Å². The minimum absolute atomic E-state index is 0.299. The average Bonchev–Trinajstić information content (AvgIpc) is 2.85. The molecule has 0 radical (unpaired) electrons. The van der Waals surface area contributed by atoms with Crippen molar-refractivity contribution in [1.29, 1.82) is 0 Å². The lowest BCUT2D eigenvalue weighted by atomic mass is 10.1. The van der Waals surface area contributed by atoms with E-state index in [1.165, 1.54) is 24.3 Å². The van der Waals surface area contributed by atoms with Crippen molar-refractivity contribution < 1.29 is 26.7 Å². The van der Waals surface area contributed by atoms with Crippen molar-refractivity contribution in [2.45, 2.75) is 35.1 Å². The molecule has 2 atom stereocenters. The fraction of sp³-hybridized carbons (Fsp3) is 0.462. The summed E-state index contributed by atoms with van der Waals surface area (Å²) in [6.45, 7) is 0. The molecule has 0 aliphatic heterocycles. The third-order valence-electron chi connectivity index (χ3n) is 3.68. The molecule has 0 amide bonds. The van der Waals surface area contributed by atoms with Crippen molar-refractivity contribution in [1.82, 2.24) is 4.72 Å². The molecule has 2 rings (SSSR count). The van der Waals surface area contributed by atoms with E-state index in [2.05, 4.69) is 4.72 Å². The van der Waals surface area contributed by atoms with Gasteiger partial charge in [-0.25, -0.2) is 21.6 Å². The zero-order chi connectivity index (χ0) is 16.5. The van der Waals surface area contributed by atoms with Crippen molar-refractivity contribution in [2.75, 3.05) is 6.26 Å². The summed E-state index contributed by atoms with van der Waals surface area (Å²) in [5.74, 6) is -1.85. The van der Waals surface area contributed by atoms with Gasteiger partial charge in [0.1, 0.15) is 4.90 Å². The van der Waals surface area contributed by atoms with Crippen LogP contribution in [0.2, 0.25) is 0 Å². The Morgan fingerprint density at radius 1 is 1.14 bits per heavy atom. The Hall–Kier alpha value is -1.45. The van der Waals surface area contributed by atoms with E-state index in [4.69, 9.17) is 5.11 Å². The van der Waals surface area contributed by atoms with Gasteiger partial charge in [0.2, 0.25) is 10.0 Å². The maximum atomic E-state index is 12.5. The predicted octanol–water partition coefficient (Wildman–Crippen LogP) is 0.622. The molecule has 7 nitrogen and oxygen atoms in total. The number of sulfone groups is 1. The van der Waals surface area contributed by atoms with Crippen molar-refractivity contribution in [3.63, 3.8) is 0 Å². The highest BCUT2D eigenvalue weighted by molar-refractivity contribution is 7.93. The molecule has 1 saturated carbocycles. The lowest BCUT2D eigenvalue weighted by molar-refractivity contribution is -0.141. The Morgan fingerprint density at radius 3 is 2.27 bits per heavy atom. The molecule has 0 saturated heterocycles. The minimum Gasteiger partial charge on any atom is -0.481 e. The van der Waals surface area contributed by atoms with E-state index in [9.17, 15) is 21.6 Å². The summed E-state index contributed by atoms with van der Waals surface area (Å²) in [6.07, 6.45) is 2.35. The quantitative estimate of drug-likeness (QED) is 0.806. The van der Waals surface area contributed by atoms with Gasteiger partial charge in [-0.3, -0.25) is 4.79 Å². The fourth-order valence-electron chi connectivity index (χ4n) is 2.64. The fourth-order valence-corrected chi connectivity index (χ4v) is 5.58. The van der Waals surface area contributed by atoms with Crippen LogP contribution in [0.25, 0.3) is 0 Å². The maximum absolute atomic E-state index is 12.5. The molecule has 1 aromatic rings. The zero-order valence-electron chi connectivity index (χ0n) is 11.9. The van der Waals surface area contributed by atoms with Crippen molar-refractivity contribution in [2.24, 2.45) is 5.92 Å². The Bertz CT molecular complexity index is 785. The van der Waals surface area contributed by atoms with Crippen LogP contribution in [0, 0.1) is 5.92 Å². The van der Waals surface area contributed by atoms with Gasteiger partial charge in [-0.2, -0.15) is 0 Å². The second-order valence-corrected chi connectivity index (χ2v) is 8.99. The van der Waals surface area contributed by atoms with Crippen LogP contribution in [0.15, 0.2) is 34.1 Å². The molecule has 1 aliphatic carbocycles. The van der Waals surface area contributed by atoms with Gasteiger partial charge in [-0.1, -0.05) is 18.6 Å². The number of sulfonamides is 1. The molecule has 0 heterocycles. The van der Waals surface area contributed by atoms with Crippen LogP contribution >= 0.6 is 0 Å². The summed E-state index contributed by atoms with van der Waals surface area (Å²) < 4.78 is 50.7. The highest BCUT2D eigenvalue weighted by Gasteiger charge is 2.36. The molecule has 22 heavy (non-hydrogen) atoms. The molecule has 1 fully saturated rings. The molecular weight excluding hydrogens is 330 g/mol. The summed E-state index contributed by atoms with van der Waals surface area (Å²) in [5.41, 5.74) is 0. The number of carbonyl (C=O) groups is 1. The summed E-state index contributed by atoms with van der Waals surface area (Å²) in [6, 6.07) is 4.55. The maximum Gasteiger partial charge on any atom is 0.308 e. The first-order valence-corrected chi connectivity index (χ1v) is 10.0. The molecular formula is C13H17NO6S2. The van der Waals surface area contributed by atoms with Gasteiger partial charge in [0, 0.05) is 12.3 Å². The van der Waals surface area contributed by atoms with Crippen LogP contribution in [-0.4, -0.2) is 40.2 Å². The van der Waals surface area contributed by atoms with Crippen molar-refractivity contribution >= 4 is 25.8 Å². The lowest BCUT2D eigenvalue weighted by Gasteiger charge is -2.18. The number of rotatable bonds is 5. The highest BCUT2D eigenvalue weighted by atomic mass is 32.2. The van der Waals surface area contributed by atoms with Crippen LogP contribution in [0.5, 0.6) is 0 Å². The van der Waals surface area contributed by atoms with E-state index in [1.54, 1.807) is 0 Å². The van der Waals surface area contributed by atoms with Crippen LogP contribution in [0.4, 0.5) is 0 Å². The SMILES string of the molecule is CS(=O)(=O)c1ccccc1S(=O)(=O)N[C@@H]1CCC[C@@H]1C(=O)O. The van der Waals surface area contributed by atoms with E-state index in [1.807, 2.05) is 0 Å². The number of benzene rings is 1. The summed E-state index contributed by atoms with van der Waals surface area (Å²) in [7, 11) is -7.83.